The maximum atomic E-state index is 12.7. The molecule has 0 aromatic heterocycles. The van der Waals surface area contributed by atoms with Crippen molar-refractivity contribution in [3.63, 3.8) is 0 Å². The summed E-state index contributed by atoms with van der Waals surface area (Å²) in [5.74, 6) is -0.204. The van der Waals surface area contributed by atoms with Crippen molar-refractivity contribution >= 4 is 11.9 Å². The SMILES string of the molecule is C[C@@]1(c2ccccc2)NC(=O)N(CN2CCOCC2)C1=O. The molecule has 6 nitrogen and oxygen atoms in total. The zero-order chi connectivity index (χ0) is 14.9. The van der Waals surface area contributed by atoms with Gasteiger partial charge in [0.15, 0.2) is 0 Å². The van der Waals surface area contributed by atoms with Crippen LogP contribution in [-0.2, 0) is 15.1 Å². The first-order chi connectivity index (χ1) is 10.1. The van der Waals surface area contributed by atoms with E-state index in [2.05, 4.69) is 10.2 Å². The fourth-order valence-corrected chi connectivity index (χ4v) is 2.74. The number of benzene rings is 1. The summed E-state index contributed by atoms with van der Waals surface area (Å²) in [4.78, 5) is 28.2. The lowest BCUT2D eigenvalue weighted by molar-refractivity contribution is -0.133. The highest BCUT2D eigenvalue weighted by Crippen LogP contribution is 2.28. The minimum absolute atomic E-state index is 0.204. The molecule has 0 aliphatic carbocycles. The molecule has 1 aromatic carbocycles. The van der Waals surface area contributed by atoms with Crippen LogP contribution in [-0.4, -0.2) is 54.7 Å². The average Bonchev–Trinajstić information content (AvgIpc) is 2.74. The molecule has 0 radical (unpaired) electrons. The predicted molar refractivity (Wildman–Crippen MR) is 76.4 cm³/mol. The number of morpholine rings is 1. The van der Waals surface area contributed by atoms with Crippen LogP contribution < -0.4 is 5.32 Å². The zero-order valence-corrected chi connectivity index (χ0v) is 12.0. The molecule has 1 atom stereocenters. The Balaban J connectivity index is 1.78. The van der Waals surface area contributed by atoms with Gasteiger partial charge in [0.2, 0.25) is 0 Å². The highest BCUT2D eigenvalue weighted by Gasteiger charge is 2.49. The normalized spacial score (nSPS) is 27.0. The maximum absolute atomic E-state index is 12.7. The number of carbonyl (C=O) groups excluding carboxylic acids is 2. The van der Waals surface area contributed by atoms with E-state index >= 15 is 0 Å². The Bertz CT molecular complexity index is 542. The Kier molecular flexibility index (Phi) is 3.65. The van der Waals surface area contributed by atoms with E-state index in [1.54, 1.807) is 6.92 Å². The largest absolute Gasteiger partial charge is 0.379 e. The van der Waals surface area contributed by atoms with E-state index in [1.165, 1.54) is 4.90 Å². The molecule has 1 aromatic rings. The first-order valence-electron chi connectivity index (χ1n) is 7.11. The van der Waals surface area contributed by atoms with Crippen LogP contribution in [0, 0.1) is 0 Å². The lowest BCUT2D eigenvalue weighted by atomic mass is 9.92. The summed E-state index contributed by atoms with van der Waals surface area (Å²) in [6, 6.07) is 9.00. The summed E-state index contributed by atoms with van der Waals surface area (Å²) in [6.45, 7) is 4.82. The van der Waals surface area contributed by atoms with Crippen molar-refractivity contribution < 1.29 is 14.3 Å². The number of hydrogen-bond acceptors (Lipinski definition) is 4. The molecule has 2 aliphatic rings. The van der Waals surface area contributed by atoms with Gasteiger partial charge in [-0.2, -0.15) is 0 Å². The number of rotatable bonds is 3. The Morgan fingerprint density at radius 1 is 1.19 bits per heavy atom. The minimum Gasteiger partial charge on any atom is -0.379 e. The predicted octanol–water partition coefficient (Wildman–Crippen LogP) is 0.743. The molecule has 0 bridgehead atoms. The van der Waals surface area contributed by atoms with E-state index in [4.69, 9.17) is 4.74 Å². The Morgan fingerprint density at radius 3 is 2.52 bits per heavy atom. The quantitative estimate of drug-likeness (QED) is 0.834. The molecule has 112 valence electrons. The van der Waals surface area contributed by atoms with Gasteiger partial charge >= 0.3 is 6.03 Å². The number of nitrogens with one attached hydrogen (secondary N) is 1. The highest BCUT2D eigenvalue weighted by atomic mass is 16.5. The summed E-state index contributed by atoms with van der Waals surface area (Å²) >= 11 is 0. The molecule has 2 fully saturated rings. The van der Waals surface area contributed by atoms with Crippen molar-refractivity contribution in [1.29, 1.82) is 0 Å². The van der Waals surface area contributed by atoms with Gasteiger partial charge in [0.1, 0.15) is 5.54 Å². The molecule has 1 N–H and O–H groups in total. The van der Waals surface area contributed by atoms with Crippen molar-refractivity contribution in [2.24, 2.45) is 0 Å². The van der Waals surface area contributed by atoms with E-state index in [0.717, 1.165) is 18.7 Å². The highest BCUT2D eigenvalue weighted by molar-refractivity contribution is 6.07. The van der Waals surface area contributed by atoms with Gasteiger partial charge in [-0.15, -0.1) is 0 Å². The first-order valence-corrected chi connectivity index (χ1v) is 7.11. The van der Waals surface area contributed by atoms with Crippen LogP contribution in [0.3, 0.4) is 0 Å². The first kappa shape index (κ1) is 14.0. The van der Waals surface area contributed by atoms with E-state index in [0.29, 0.717) is 19.9 Å². The molecule has 2 aliphatic heterocycles. The number of amides is 3. The third kappa shape index (κ3) is 2.52. The average molecular weight is 289 g/mol. The fourth-order valence-electron chi connectivity index (χ4n) is 2.74. The molecule has 21 heavy (non-hydrogen) atoms. The number of hydrogen-bond donors (Lipinski definition) is 1. The topological polar surface area (TPSA) is 61.9 Å². The fraction of sp³-hybridized carbons (Fsp3) is 0.467. The number of urea groups is 1. The van der Waals surface area contributed by atoms with Crippen LogP contribution in [0.4, 0.5) is 4.79 Å². The van der Waals surface area contributed by atoms with Gasteiger partial charge in [-0.05, 0) is 12.5 Å². The van der Waals surface area contributed by atoms with E-state index < -0.39 is 5.54 Å². The molecule has 0 spiro atoms. The number of carbonyl (C=O) groups is 2. The smallest absolute Gasteiger partial charge is 0.326 e. The lowest BCUT2D eigenvalue weighted by Crippen LogP contribution is -2.47. The minimum atomic E-state index is -0.982. The Morgan fingerprint density at radius 2 is 1.86 bits per heavy atom. The number of ether oxygens (including phenoxy) is 1. The molecular weight excluding hydrogens is 270 g/mol. The summed E-state index contributed by atoms with van der Waals surface area (Å²) in [6.07, 6.45) is 0. The molecule has 3 rings (SSSR count). The lowest BCUT2D eigenvalue weighted by Gasteiger charge is -2.30. The van der Waals surface area contributed by atoms with Gasteiger partial charge in [-0.25, -0.2) is 9.69 Å². The van der Waals surface area contributed by atoms with Crippen molar-refractivity contribution in [1.82, 2.24) is 15.1 Å². The summed E-state index contributed by atoms with van der Waals surface area (Å²) < 4.78 is 5.28. The molecular formula is C15H19N3O3. The second-order valence-corrected chi connectivity index (χ2v) is 5.53. The monoisotopic (exact) mass is 289 g/mol. The van der Waals surface area contributed by atoms with E-state index in [9.17, 15) is 9.59 Å². The summed E-state index contributed by atoms with van der Waals surface area (Å²) in [5, 5.41) is 2.82. The van der Waals surface area contributed by atoms with E-state index in [1.807, 2.05) is 30.3 Å². The molecule has 3 amide bonds. The summed E-state index contributed by atoms with van der Waals surface area (Å²) in [7, 11) is 0. The third-order valence-electron chi connectivity index (χ3n) is 4.07. The van der Waals surface area contributed by atoms with Crippen LogP contribution in [0.15, 0.2) is 30.3 Å². The molecule has 2 saturated heterocycles. The second-order valence-electron chi connectivity index (χ2n) is 5.53. The molecule has 2 heterocycles. The van der Waals surface area contributed by atoms with Crippen LogP contribution in [0.5, 0.6) is 0 Å². The van der Waals surface area contributed by atoms with Crippen molar-refractivity contribution in [3.05, 3.63) is 35.9 Å². The second kappa shape index (κ2) is 5.46. The molecule has 0 unspecified atom stereocenters. The van der Waals surface area contributed by atoms with Gasteiger partial charge in [0.25, 0.3) is 5.91 Å². The van der Waals surface area contributed by atoms with Gasteiger partial charge in [-0.3, -0.25) is 9.69 Å². The van der Waals surface area contributed by atoms with Gasteiger partial charge < -0.3 is 10.1 Å². The van der Waals surface area contributed by atoms with Crippen molar-refractivity contribution in [3.8, 4) is 0 Å². The Labute approximate surface area is 123 Å². The number of imide groups is 1. The standard InChI is InChI=1S/C15H19N3O3/c1-15(12-5-3-2-4-6-12)13(19)18(14(20)16-15)11-17-7-9-21-10-8-17/h2-6H,7-11H2,1H3,(H,16,20)/t15-/m0/s1. The maximum Gasteiger partial charge on any atom is 0.326 e. The van der Waals surface area contributed by atoms with Crippen molar-refractivity contribution in [2.75, 3.05) is 33.0 Å². The van der Waals surface area contributed by atoms with Crippen LogP contribution in [0.1, 0.15) is 12.5 Å². The van der Waals surface area contributed by atoms with Crippen LogP contribution >= 0.6 is 0 Å². The summed E-state index contributed by atoms with van der Waals surface area (Å²) in [5.41, 5.74) is -0.183. The van der Waals surface area contributed by atoms with E-state index in [-0.39, 0.29) is 11.9 Å². The van der Waals surface area contributed by atoms with Gasteiger partial charge in [0, 0.05) is 13.1 Å². The Hall–Kier alpha value is -1.92. The zero-order valence-electron chi connectivity index (χ0n) is 12.0. The third-order valence-corrected chi connectivity index (χ3v) is 4.07. The van der Waals surface area contributed by atoms with Crippen LogP contribution in [0.25, 0.3) is 0 Å². The van der Waals surface area contributed by atoms with Gasteiger partial charge in [-0.1, -0.05) is 30.3 Å². The van der Waals surface area contributed by atoms with Gasteiger partial charge in [0.05, 0.1) is 19.9 Å². The number of nitrogens with zero attached hydrogens (tertiary/aromatic N) is 2. The van der Waals surface area contributed by atoms with Crippen LogP contribution in [0.2, 0.25) is 0 Å². The molecule has 6 heteroatoms. The molecule has 0 saturated carbocycles. The van der Waals surface area contributed by atoms with Crippen molar-refractivity contribution in [2.45, 2.75) is 12.5 Å².